The number of aryl methyl sites for hydroxylation is 2. The van der Waals surface area contributed by atoms with Crippen LogP contribution in [0.1, 0.15) is 37.8 Å². The Morgan fingerprint density at radius 1 is 0.857 bits per heavy atom. The molecule has 0 amide bonds. The number of hydrogen-bond acceptors (Lipinski definition) is 8. The third kappa shape index (κ3) is 7.52. The first-order valence-corrected chi connectivity index (χ1v) is 20.0. The van der Waals surface area contributed by atoms with Crippen LogP contribution in [0.3, 0.4) is 0 Å². The van der Waals surface area contributed by atoms with E-state index in [1.54, 1.807) is 39.5 Å². The van der Waals surface area contributed by atoms with Crippen molar-refractivity contribution in [2.75, 3.05) is 45.9 Å². The fraction of sp³-hybridized carbons (Fsp3) is 0.342. The molecule has 260 valence electrons. The van der Waals surface area contributed by atoms with Crippen LogP contribution < -0.4 is 14.8 Å². The molecule has 0 N–H and O–H groups in total. The average Bonchev–Trinajstić information content (AvgIpc) is 3.10. The summed E-state index contributed by atoms with van der Waals surface area (Å²) in [6.45, 7) is 10.8. The van der Waals surface area contributed by atoms with Crippen molar-refractivity contribution in [1.82, 2.24) is 4.58 Å². The van der Waals surface area contributed by atoms with Crippen LogP contribution in [0.2, 0.25) is 6.04 Å². The molecule has 0 aromatic heterocycles. The van der Waals surface area contributed by atoms with Crippen molar-refractivity contribution in [2.24, 2.45) is 0 Å². The molecule has 5 rings (SSSR count). The number of rotatable bonds is 14. The maximum atomic E-state index is 12.5. The van der Waals surface area contributed by atoms with E-state index in [9.17, 15) is 13.0 Å². The first-order chi connectivity index (χ1) is 23.5. The average molecular weight is 703 g/mol. The molecule has 0 fully saturated rings. The number of benzene rings is 4. The minimum Gasteiger partial charge on any atom is -0.744 e. The topological polar surface area (TPSA) is 104 Å². The lowest BCUT2D eigenvalue weighted by atomic mass is 9.93. The molecule has 49 heavy (non-hydrogen) atoms. The molecular formula is C38H46N2O7SSi. The van der Waals surface area contributed by atoms with Crippen molar-refractivity contribution < 1.29 is 30.7 Å². The predicted molar refractivity (Wildman–Crippen MR) is 196 cm³/mol. The zero-order chi connectivity index (χ0) is 35.3. The lowest BCUT2D eigenvalue weighted by molar-refractivity contribution is 0.123. The minimum absolute atomic E-state index is 0.266. The quantitative estimate of drug-likeness (QED) is 0.0513. The van der Waals surface area contributed by atoms with Gasteiger partial charge in [0.05, 0.1) is 11.0 Å². The minimum atomic E-state index is -4.77. The van der Waals surface area contributed by atoms with Crippen molar-refractivity contribution in [3.8, 4) is 22.5 Å². The van der Waals surface area contributed by atoms with Crippen molar-refractivity contribution in [3.05, 3.63) is 95.3 Å². The van der Waals surface area contributed by atoms with E-state index in [1.807, 2.05) is 36.4 Å². The van der Waals surface area contributed by atoms with Crippen LogP contribution in [0.5, 0.6) is 0 Å². The van der Waals surface area contributed by atoms with Gasteiger partial charge in [-0.2, -0.15) is 0 Å². The molecule has 1 aliphatic carbocycles. The van der Waals surface area contributed by atoms with Gasteiger partial charge in [-0.25, -0.2) is 13.0 Å². The lowest BCUT2D eigenvalue weighted by Gasteiger charge is -2.28. The molecule has 0 atom stereocenters. The molecule has 3 aromatic carbocycles. The summed E-state index contributed by atoms with van der Waals surface area (Å²) in [4.78, 5) is 2.04. The second-order valence-electron chi connectivity index (χ2n) is 12.2. The van der Waals surface area contributed by atoms with Gasteiger partial charge in [0, 0.05) is 85.9 Å². The van der Waals surface area contributed by atoms with Gasteiger partial charge in [-0.3, -0.25) is 0 Å². The first-order valence-electron chi connectivity index (χ1n) is 16.6. The molecule has 0 bridgehead atoms. The first kappa shape index (κ1) is 36.4. The standard InChI is InChI=1S/C38H46N2O7SSi/c1-8-22-40(38-27(3)14-12-15-28(38)4)30-19-21-32-35(26-30)47-34-25-29(39(9-2)23-13-24-49(44-5,45-6)46-7)18-20-31(34)37(32)33-16-10-11-17-36(33)48(41,42)43/h10-12,14-21,25-26H,8-9,13,22-24H2,1-7H3. The number of hydrogen-bond donors (Lipinski definition) is 0. The highest BCUT2D eigenvalue weighted by molar-refractivity contribution is 7.85. The summed E-state index contributed by atoms with van der Waals surface area (Å²) in [5.41, 5.74) is 6.72. The Balaban J connectivity index is 1.75. The number of nitrogens with zero attached hydrogens (tertiary/aromatic N) is 2. The highest BCUT2D eigenvalue weighted by Crippen LogP contribution is 2.43. The fourth-order valence-corrected chi connectivity index (χ4v) is 9.14. The Hall–Kier alpha value is -3.84. The Labute approximate surface area is 290 Å². The van der Waals surface area contributed by atoms with Crippen LogP contribution in [0.25, 0.3) is 33.4 Å². The summed E-state index contributed by atoms with van der Waals surface area (Å²) in [6.07, 6.45) is 1.72. The molecule has 1 heterocycles. The molecule has 9 nitrogen and oxygen atoms in total. The maximum Gasteiger partial charge on any atom is 0.500 e. The van der Waals surface area contributed by atoms with Gasteiger partial charge in [0.15, 0.2) is 0 Å². The molecule has 0 spiro atoms. The monoisotopic (exact) mass is 702 g/mol. The normalized spacial score (nSPS) is 12.9. The molecule has 11 heteroatoms. The van der Waals surface area contributed by atoms with E-state index < -0.39 is 18.9 Å². The highest BCUT2D eigenvalue weighted by atomic mass is 32.2. The lowest BCUT2D eigenvalue weighted by Crippen LogP contribution is -2.43. The summed E-state index contributed by atoms with van der Waals surface area (Å²) in [5.74, 6) is 0.581. The molecule has 2 aliphatic rings. The Bertz CT molecular complexity index is 2060. The molecule has 0 unspecified atom stereocenters. The third-order valence-electron chi connectivity index (χ3n) is 9.17. The van der Waals surface area contributed by atoms with Crippen LogP contribution in [-0.4, -0.2) is 62.7 Å². The molecule has 0 radical (unpaired) electrons. The van der Waals surface area contributed by atoms with Gasteiger partial charge < -0.3 is 27.1 Å². The second-order valence-corrected chi connectivity index (χ2v) is 16.6. The molecule has 3 aromatic rings. The van der Waals surface area contributed by atoms with Crippen LogP contribution in [-0.2, 0) is 23.4 Å². The number of para-hydroxylation sites is 1. The summed E-state index contributed by atoms with van der Waals surface area (Å²) in [5, 5.41) is 1.66. The van der Waals surface area contributed by atoms with Crippen molar-refractivity contribution in [3.63, 3.8) is 0 Å². The van der Waals surface area contributed by atoms with Gasteiger partial charge in [-0.05, 0) is 62.6 Å². The Morgan fingerprint density at radius 2 is 1.55 bits per heavy atom. The largest absolute Gasteiger partial charge is 0.744 e. The van der Waals surface area contributed by atoms with E-state index >= 15 is 0 Å². The van der Waals surface area contributed by atoms with Crippen LogP contribution in [0.4, 0.5) is 11.4 Å². The van der Waals surface area contributed by atoms with E-state index in [1.165, 1.54) is 17.2 Å². The zero-order valence-electron chi connectivity index (χ0n) is 29.4. The smallest absolute Gasteiger partial charge is 0.500 e. The Kier molecular flexibility index (Phi) is 11.4. The highest BCUT2D eigenvalue weighted by Gasteiger charge is 2.37. The van der Waals surface area contributed by atoms with Crippen LogP contribution >= 0.6 is 0 Å². The van der Waals surface area contributed by atoms with E-state index in [-0.39, 0.29) is 4.90 Å². The van der Waals surface area contributed by atoms with Gasteiger partial charge in [-0.15, -0.1) is 0 Å². The third-order valence-corrected chi connectivity index (χ3v) is 12.9. The summed E-state index contributed by atoms with van der Waals surface area (Å²) >= 11 is 0. The molecular weight excluding hydrogens is 657 g/mol. The van der Waals surface area contributed by atoms with Gasteiger partial charge >= 0.3 is 8.80 Å². The Morgan fingerprint density at radius 3 is 2.18 bits per heavy atom. The van der Waals surface area contributed by atoms with Gasteiger partial charge in [0.2, 0.25) is 5.36 Å². The van der Waals surface area contributed by atoms with Crippen molar-refractivity contribution in [2.45, 2.75) is 51.5 Å². The SMILES string of the molecule is CCCN(c1ccc2c(-c3ccccc3S(=O)(=O)[O-])c3ccc(=[N+](CC)CCC[Si](OC)(OC)OC)cc-3oc2c1)c1c(C)cccc1C. The zero-order valence-corrected chi connectivity index (χ0v) is 31.2. The van der Waals surface area contributed by atoms with Gasteiger partial charge in [0.25, 0.3) is 0 Å². The molecule has 0 saturated carbocycles. The van der Waals surface area contributed by atoms with Crippen LogP contribution in [0.15, 0.2) is 88.2 Å². The summed E-state index contributed by atoms with van der Waals surface area (Å²) in [7, 11) is -2.63. The fourth-order valence-electron chi connectivity index (χ4n) is 6.75. The van der Waals surface area contributed by atoms with E-state index in [0.29, 0.717) is 39.5 Å². The summed E-state index contributed by atoms with van der Waals surface area (Å²) in [6, 6.07) is 25.3. The van der Waals surface area contributed by atoms with Crippen molar-refractivity contribution >= 4 is 41.3 Å². The molecule has 0 saturated heterocycles. The van der Waals surface area contributed by atoms with Gasteiger partial charge in [-0.1, -0.05) is 43.3 Å². The van der Waals surface area contributed by atoms with Crippen molar-refractivity contribution in [1.29, 1.82) is 0 Å². The van der Waals surface area contributed by atoms with Crippen LogP contribution in [0, 0.1) is 13.8 Å². The van der Waals surface area contributed by atoms with E-state index in [4.69, 9.17) is 17.7 Å². The van der Waals surface area contributed by atoms with Gasteiger partial charge in [0.1, 0.15) is 34.6 Å². The maximum absolute atomic E-state index is 12.5. The number of anilines is 2. The predicted octanol–water partition coefficient (Wildman–Crippen LogP) is 7.33. The number of fused-ring (bicyclic) bond motifs is 2. The van der Waals surface area contributed by atoms with E-state index in [2.05, 4.69) is 55.4 Å². The van der Waals surface area contributed by atoms with E-state index in [0.717, 1.165) is 49.2 Å². The summed E-state index contributed by atoms with van der Waals surface area (Å²) < 4.78 is 63.4. The second kappa shape index (κ2) is 15.4. The molecule has 1 aliphatic heterocycles.